The van der Waals surface area contributed by atoms with Gasteiger partial charge in [0.2, 0.25) is 0 Å². The predicted molar refractivity (Wildman–Crippen MR) is 68.4 cm³/mol. The van der Waals surface area contributed by atoms with Crippen LogP contribution in [-0.4, -0.2) is 11.5 Å². The number of anilines is 2. The molecule has 0 aromatic carbocycles. The first-order chi connectivity index (χ1) is 7.66. The summed E-state index contributed by atoms with van der Waals surface area (Å²) >= 11 is 0. The molecule has 1 fully saturated rings. The van der Waals surface area contributed by atoms with Crippen LogP contribution in [0.4, 0.5) is 11.5 Å². The minimum absolute atomic E-state index is 0.764. The van der Waals surface area contributed by atoms with Gasteiger partial charge in [-0.3, -0.25) is 0 Å². The van der Waals surface area contributed by atoms with Gasteiger partial charge in [0.25, 0.3) is 0 Å². The van der Waals surface area contributed by atoms with Crippen LogP contribution in [0.15, 0.2) is 12.3 Å². The fraction of sp³-hybridized carbons (Fsp3) is 0.615. The van der Waals surface area contributed by atoms with Gasteiger partial charge in [-0.2, -0.15) is 0 Å². The van der Waals surface area contributed by atoms with Crippen molar-refractivity contribution in [3.63, 3.8) is 0 Å². The van der Waals surface area contributed by atoms with Crippen molar-refractivity contribution in [2.75, 3.05) is 17.6 Å². The van der Waals surface area contributed by atoms with Crippen molar-refractivity contribution in [1.29, 1.82) is 0 Å². The van der Waals surface area contributed by atoms with Gasteiger partial charge in [-0.25, -0.2) is 4.98 Å². The van der Waals surface area contributed by atoms with Gasteiger partial charge in [0, 0.05) is 6.54 Å². The molecule has 0 radical (unpaired) electrons. The van der Waals surface area contributed by atoms with E-state index in [1.165, 1.54) is 19.3 Å². The fourth-order valence-electron chi connectivity index (χ4n) is 2.42. The number of hydrogen-bond donors (Lipinski definition) is 2. The molecule has 3 nitrogen and oxygen atoms in total. The van der Waals surface area contributed by atoms with Crippen molar-refractivity contribution in [3.05, 3.63) is 17.8 Å². The fourth-order valence-corrected chi connectivity index (χ4v) is 2.42. The number of hydrogen-bond acceptors (Lipinski definition) is 3. The van der Waals surface area contributed by atoms with E-state index in [0.29, 0.717) is 0 Å². The zero-order chi connectivity index (χ0) is 11.5. The summed E-state index contributed by atoms with van der Waals surface area (Å²) in [5, 5.41) is 3.42. The molecule has 2 unspecified atom stereocenters. The van der Waals surface area contributed by atoms with Crippen LogP contribution in [0.1, 0.15) is 31.7 Å². The molecule has 0 amide bonds. The van der Waals surface area contributed by atoms with Crippen LogP contribution in [0.2, 0.25) is 0 Å². The van der Waals surface area contributed by atoms with E-state index in [2.05, 4.69) is 17.2 Å². The van der Waals surface area contributed by atoms with Crippen molar-refractivity contribution in [1.82, 2.24) is 4.98 Å². The molecular weight excluding hydrogens is 198 g/mol. The normalized spacial score (nSPS) is 24.6. The molecular formula is C13H21N3. The van der Waals surface area contributed by atoms with Gasteiger partial charge < -0.3 is 11.1 Å². The van der Waals surface area contributed by atoms with Gasteiger partial charge in [0.05, 0.1) is 11.9 Å². The van der Waals surface area contributed by atoms with Crippen LogP contribution in [0.3, 0.4) is 0 Å². The summed E-state index contributed by atoms with van der Waals surface area (Å²) in [7, 11) is 0. The third kappa shape index (κ3) is 2.46. The smallest absolute Gasteiger partial charge is 0.126 e. The summed E-state index contributed by atoms with van der Waals surface area (Å²) in [6, 6.07) is 2.02. The lowest BCUT2D eigenvalue weighted by Crippen LogP contribution is -2.17. The number of nitrogens with zero attached hydrogens (tertiary/aromatic N) is 1. The van der Waals surface area contributed by atoms with Crippen molar-refractivity contribution in [2.24, 2.45) is 11.8 Å². The zero-order valence-electron chi connectivity index (χ0n) is 10.2. The minimum Gasteiger partial charge on any atom is -0.397 e. The molecule has 3 heteroatoms. The average molecular weight is 219 g/mol. The summed E-state index contributed by atoms with van der Waals surface area (Å²) in [6.07, 6.45) is 5.83. The molecule has 0 bridgehead atoms. The number of rotatable bonds is 3. The van der Waals surface area contributed by atoms with E-state index in [9.17, 15) is 0 Å². The van der Waals surface area contributed by atoms with Crippen molar-refractivity contribution >= 4 is 11.5 Å². The molecule has 1 aromatic heterocycles. The molecule has 2 rings (SSSR count). The number of nitrogens with two attached hydrogens (primary N) is 1. The van der Waals surface area contributed by atoms with Crippen molar-refractivity contribution in [3.8, 4) is 0 Å². The molecule has 1 aromatic rings. The van der Waals surface area contributed by atoms with E-state index in [1.54, 1.807) is 6.20 Å². The van der Waals surface area contributed by atoms with Gasteiger partial charge in [-0.15, -0.1) is 0 Å². The monoisotopic (exact) mass is 219 g/mol. The Morgan fingerprint density at radius 1 is 1.50 bits per heavy atom. The highest BCUT2D eigenvalue weighted by atomic mass is 15.0. The second kappa shape index (κ2) is 4.73. The minimum atomic E-state index is 0.764. The first-order valence-corrected chi connectivity index (χ1v) is 6.13. The van der Waals surface area contributed by atoms with Crippen molar-refractivity contribution in [2.45, 2.75) is 33.1 Å². The molecule has 3 N–H and O–H groups in total. The summed E-state index contributed by atoms with van der Waals surface area (Å²) in [5.41, 5.74) is 7.60. The number of aromatic nitrogens is 1. The number of aryl methyl sites for hydroxylation is 1. The summed E-state index contributed by atoms with van der Waals surface area (Å²) in [5.74, 6) is 2.60. The summed E-state index contributed by atoms with van der Waals surface area (Å²) < 4.78 is 0. The molecule has 0 saturated heterocycles. The first kappa shape index (κ1) is 11.2. The Labute approximate surface area is 97.5 Å². The third-order valence-corrected chi connectivity index (χ3v) is 3.74. The Morgan fingerprint density at radius 2 is 2.31 bits per heavy atom. The van der Waals surface area contributed by atoms with Gasteiger partial charge in [-0.1, -0.05) is 19.8 Å². The highest BCUT2D eigenvalue weighted by Crippen LogP contribution is 2.31. The maximum Gasteiger partial charge on any atom is 0.126 e. The molecule has 1 aliphatic carbocycles. The van der Waals surface area contributed by atoms with Gasteiger partial charge >= 0.3 is 0 Å². The third-order valence-electron chi connectivity index (χ3n) is 3.74. The Morgan fingerprint density at radius 3 is 2.94 bits per heavy atom. The second-order valence-electron chi connectivity index (χ2n) is 4.98. The first-order valence-electron chi connectivity index (χ1n) is 6.13. The maximum absolute atomic E-state index is 5.74. The lowest BCUT2D eigenvalue weighted by molar-refractivity contribution is 0.439. The Balaban J connectivity index is 1.91. The quantitative estimate of drug-likeness (QED) is 0.822. The molecule has 2 atom stereocenters. The molecule has 1 heterocycles. The molecule has 0 aliphatic heterocycles. The van der Waals surface area contributed by atoms with Gasteiger partial charge in [0.15, 0.2) is 0 Å². The number of nitrogen functional groups attached to an aromatic ring is 1. The second-order valence-corrected chi connectivity index (χ2v) is 4.98. The SMILES string of the molecule is Cc1cc(NCC2CCCC2C)ncc1N. The van der Waals surface area contributed by atoms with Crippen LogP contribution in [-0.2, 0) is 0 Å². The van der Waals surface area contributed by atoms with Crippen LogP contribution in [0, 0.1) is 18.8 Å². The molecule has 1 aliphatic rings. The number of pyridine rings is 1. The largest absolute Gasteiger partial charge is 0.397 e. The lowest BCUT2D eigenvalue weighted by atomic mass is 9.98. The lowest BCUT2D eigenvalue weighted by Gasteiger charge is -2.16. The van der Waals surface area contributed by atoms with Crippen LogP contribution < -0.4 is 11.1 Å². The summed E-state index contributed by atoms with van der Waals surface area (Å²) in [6.45, 7) is 5.40. The zero-order valence-corrected chi connectivity index (χ0v) is 10.2. The predicted octanol–water partition coefficient (Wildman–Crippen LogP) is 2.82. The van der Waals surface area contributed by atoms with Crippen LogP contribution in [0.5, 0.6) is 0 Å². The molecule has 1 saturated carbocycles. The molecule has 0 spiro atoms. The topological polar surface area (TPSA) is 50.9 Å². The van der Waals surface area contributed by atoms with Gasteiger partial charge in [-0.05, 0) is 36.8 Å². The van der Waals surface area contributed by atoms with E-state index in [1.807, 2.05) is 13.0 Å². The molecule has 88 valence electrons. The highest BCUT2D eigenvalue weighted by molar-refractivity contribution is 5.50. The average Bonchev–Trinajstić information content (AvgIpc) is 2.66. The molecule has 16 heavy (non-hydrogen) atoms. The number of nitrogens with one attached hydrogen (secondary N) is 1. The Kier molecular flexibility index (Phi) is 3.32. The van der Waals surface area contributed by atoms with Crippen molar-refractivity contribution < 1.29 is 0 Å². The van der Waals surface area contributed by atoms with E-state index >= 15 is 0 Å². The summed E-state index contributed by atoms with van der Waals surface area (Å²) in [4.78, 5) is 4.29. The van der Waals surface area contributed by atoms with Gasteiger partial charge in [0.1, 0.15) is 5.82 Å². The Hall–Kier alpha value is -1.25. The van der Waals surface area contributed by atoms with E-state index < -0.39 is 0 Å². The van der Waals surface area contributed by atoms with Crippen LogP contribution >= 0.6 is 0 Å². The van der Waals surface area contributed by atoms with Crippen LogP contribution in [0.25, 0.3) is 0 Å². The standard InChI is InChI=1S/C13H21N3/c1-9-4-3-5-11(9)7-15-13-6-10(2)12(14)8-16-13/h6,8-9,11H,3-5,7,14H2,1-2H3,(H,15,16). The van der Waals surface area contributed by atoms with E-state index in [-0.39, 0.29) is 0 Å². The van der Waals surface area contributed by atoms with E-state index in [0.717, 1.165) is 35.4 Å². The maximum atomic E-state index is 5.74. The Bertz CT molecular complexity index is 362. The van der Waals surface area contributed by atoms with E-state index in [4.69, 9.17) is 5.73 Å². The highest BCUT2D eigenvalue weighted by Gasteiger charge is 2.22.